The maximum absolute atomic E-state index is 12.1. The van der Waals surface area contributed by atoms with Crippen LogP contribution < -0.4 is 11.1 Å². The standard InChI is InChI=1S/C18H23N3O2S2/c1-12(8-9-14-6-4-3-5-7-14)20-17(23)11-24-18-21-13(2)15(25-18)10-16(19)22/h3-7,12H,8-11H2,1-2H3,(H2,19,22)(H,20,23). The van der Waals surface area contributed by atoms with E-state index in [0.717, 1.165) is 27.8 Å². The first-order valence-corrected chi connectivity index (χ1v) is 9.95. The predicted molar refractivity (Wildman–Crippen MR) is 103 cm³/mol. The van der Waals surface area contributed by atoms with Gasteiger partial charge in [0.2, 0.25) is 11.8 Å². The summed E-state index contributed by atoms with van der Waals surface area (Å²) in [4.78, 5) is 28.3. The lowest BCUT2D eigenvalue weighted by molar-refractivity contribution is -0.119. The maximum atomic E-state index is 12.1. The fourth-order valence-electron chi connectivity index (χ4n) is 2.33. The Labute approximate surface area is 156 Å². The number of nitrogens with two attached hydrogens (primary N) is 1. The van der Waals surface area contributed by atoms with Crippen LogP contribution in [0.25, 0.3) is 0 Å². The fourth-order valence-corrected chi connectivity index (χ4v) is 4.38. The van der Waals surface area contributed by atoms with Gasteiger partial charge in [-0.3, -0.25) is 9.59 Å². The van der Waals surface area contributed by atoms with E-state index >= 15 is 0 Å². The van der Waals surface area contributed by atoms with Gasteiger partial charge in [0.25, 0.3) is 0 Å². The van der Waals surface area contributed by atoms with E-state index in [9.17, 15) is 9.59 Å². The van der Waals surface area contributed by atoms with Crippen molar-refractivity contribution in [3.8, 4) is 0 Å². The molecule has 134 valence electrons. The Morgan fingerprint density at radius 2 is 2.04 bits per heavy atom. The Kier molecular flexibility index (Phi) is 7.46. The molecule has 25 heavy (non-hydrogen) atoms. The summed E-state index contributed by atoms with van der Waals surface area (Å²) in [5.74, 6) is -0.0540. The van der Waals surface area contributed by atoms with E-state index in [-0.39, 0.29) is 24.3 Å². The number of nitrogens with zero attached hydrogens (tertiary/aromatic N) is 1. The molecule has 2 aromatic rings. The minimum absolute atomic E-state index is 0.00475. The molecule has 1 unspecified atom stereocenters. The second-order valence-electron chi connectivity index (χ2n) is 5.91. The van der Waals surface area contributed by atoms with Crippen LogP contribution in [0.15, 0.2) is 34.7 Å². The number of carbonyl (C=O) groups excluding carboxylic acids is 2. The van der Waals surface area contributed by atoms with Crippen molar-refractivity contribution < 1.29 is 9.59 Å². The Balaban J connectivity index is 1.73. The molecular weight excluding hydrogens is 354 g/mol. The summed E-state index contributed by atoms with van der Waals surface area (Å²) >= 11 is 2.82. The van der Waals surface area contributed by atoms with Gasteiger partial charge in [-0.2, -0.15) is 0 Å². The topological polar surface area (TPSA) is 85.1 Å². The number of primary amides is 1. The van der Waals surface area contributed by atoms with Gasteiger partial charge in [-0.1, -0.05) is 42.1 Å². The van der Waals surface area contributed by atoms with Gasteiger partial charge in [0.05, 0.1) is 17.9 Å². The molecule has 0 aliphatic heterocycles. The monoisotopic (exact) mass is 377 g/mol. The van der Waals surface area contributed by atoms with Crippen molar-refractivity contribution >= 4 is 34.9 Å². The second kappa shape index (κ2) is 9.58. The number of benzene rings is 1. The highest BCUT2D eigenvalue weighted by atomic mass is 32.2. The minimum Gasteiger partial charge on any atom is -0.369 e. The highest BCUT2D eigenvalue weighted by Crippen LogP contribution is 2.27. The fraction of sp³-hybridized carbons (Fsp3) is 0.389. The van der Waals surface area contributed by atoms with Crippen LogP contribution in [-0.2, 0) is 22.4 Å². The van der Waals surface area contributed by atoms with Crippen molar-refractivity contribution in [2.45, 2.75) is 43.5 Å². The molecule has 0 fully saturated rings. The first kappa shape index (κ1) is 19.5. The zero-order valence-electron chi connectivity index (χ0n) is 14.5. The van der Waals surface area contributed by atoms with Gasteiger partial charge in [0.1, 0.15) is 0 Å². The second-order valence-corrected chi connectivity index (χ2v) is 8.22. The summed E-state index contributed by atoms with van der Waals surface area (Å²) in [6.07, 6.45) is 2.05. The van der Waals surface area contributed by atoms with Crippen molar-refractivity contribution in [3.05, 3.63) is 46.5 Å². The molecule has 0 aliphatic carbocycles. The van der Waals surface area contributed by atoms with Gasteiger partial charge >= 0.3 is 0 Å². The summed E-state index contributed by atoms with van der Waals surface area (Å²) in [5, 5.41) is 3.02. The zero-order valence-corrected chi connectivity index (χ0v) is 16.1. The summed E-state index contributed by atoms with van der Waals surface area (Å²) in [6.45, 7) is 3.87. The Morgan fingerprint density at radius 1 is 1.32 bits per heavy atom. The molecule has 0 saturated heterocycles. The van der Waals surface area contributed by atoms with E-state index in [0.29, 0.717) is 5.75 Å². The number of rotatable bonds is 9. The van der Waals surface area contributed by atoms with Crippen molar-refractivity contribution in [2.24, 2.45) is 5.73 Å². The maximum Gasteiger partial charge on any atom is 0.230 e. The van der Waals surface area contributed by atoms with Gasteiger partial charge in [0.15, 0.2) is 4.34 Å². The number of thioether (sulfide) groups is 1. The first-order valence-electron chi connectivity index (χ1n) is 8.14. The molecule has 1 atom stereocenters. The lowest BCUT2D eigenvalue weighted by Crippen LogP contribution is -2.34. The summed E-state index contributed by atoms with van der Waals surface area (Å²) in [5.41, 5.74) is 7.30. The van der Waals surface area contributed by atoms with Crippen LogP contribution in [-0.4, -0.2) is 28.6 Å². The molecule has 0 aliphatic rings. The number of hydrogen-bond donors (Lipinski definition) is 2. The SMILES string of the molecule is Cc1nc(SCC(=O)NC(C)CCc2ccccc2)sc1CC(N)=O. The van der Waals surface area contributed by atoms with Crippen LogP contribution >= 0.6 is 23.1 Å². The van der Waals surface area contributed by atoms with E-state index in [2.05, 4.69) is 22.4 Å². The van der Waals surface area contributed by atoms with Crippen molar-refractivity contribution in [1.29, 1.82) is 0 Å². The van der Waals surface area contributed by atoms with E-state index in [4.69, 9.17) is 5.73 Å². The number of aromatic nitrogens is 1. The molecule has 0 bridgehead atoms. The Morgan fingerprint density at radius 3 is 2.72 bits per heavy atom. The van der Waals surface area contributed by atoms with Crippen LogP contribution in [0.2, 0.25) is 0 Å². The van der Waals surface area contributed by atoms with Crippen LogP contribution in [0.3, 0.4) is 0 Å². The van der Waals surface area contributed by atoms with Crippen LogP contribution in [0.4, 0.5) is 0 Å². The van der Waals surface area contributed by atoms with E-state index < -0.39 is 0 Å². The highest BCUT2D eigenvalue weighted by Gasteiger charge is 2.13. The average molecular weight is 378 g/mol. The number of aryl methyl sites for hydroxylation is 2. The molecule has 0 spiro atoms. The lowest BCUT2D eigenvalue weighted by atomic mass is 10.1. The van der Waals surface area contributed by atoms with Gasteiger partial charge in [-0.25, -0.2) is 4.98 Å². The average Bonchev–Trinajstić information content (AvgIpc) is 2.91. The predicted octanol–water partition coefficient (Wildman–Crippen LogP) is 2.71. The first-order chi connectivity index (χ1) is 11.9. The number of nitrogens with one attached hydrogen (secondary N) is 1. The number of hydrogen-bond acceptors (Lipinski definition) is 5. The van der Waals surface area contributed by atoms with E-state index in [1.807, 2.05) is 32.0 Å². The third-order valence-corrected chi connectivity index (χ3v) is 5.95. The van der Waals surface area contributed by atoms with Gasteiger partial charge < -0.3 is 11.1 Å². The number of carbonyl (C=O) groups is 2. The largest absolute Gasteiger partial charge is 0.369 e. The van der Waals surface area contributed by atoms with Crippen LogP contribution in [0, 0.1) is 6.92 Å². The summed E-state index contributed by atoms with van der Waals surface area (Å²) in [6, 6.07) is 10.4. The summed E-state index contributed by atoms with van der Waals surface area (Å²) in [7, 11) is 0. The van der Waals surface area contributed by atoms with E-state index in [1.165, 1.54) is 28.7 Å². The number of thiazole rings is 1. The van der Waals surface area contributed by atoms with Crippen molar-refractivity contribution in [1.82, 2.24) is 10.3 Å². The molecule has 1 aromatic carbocycles. The zero-order chi connectivity index (χ0) is 18.2. The molecule has 0 saturated carbocycles. The molecule has 2 amide bonds. The summed E-state index contributed by atoms with van der Waals surface area (Å²) < 4.78 is 0.792. The van der Waals surface area contributed by atoms with E-state index in [1.54, 1.807) is 0 Å². The Hall–Kier alpha value is -1.86. The van der Waals surface area contributed by atoms with Crippen molar-refractivity contribution in [3.63, 3.8) is 0 Å². The lowest BCUT2D eigenvalue weighted by Gasteiger charge is -2.13. The normalized spacial score (nSPS) is 11.9. The molecule has 3 N–H and O–H groups in total. The smallest absolute Gasteiger partial charge is 0.230 e. The number of amides is 2. The van der Waals surface area contributed by atoms with Crippen LogP contribution in [0.5, 0.6) is 0 Å². The third-order valence-electron chi connectivity index (χ3n) is 3.65. The van der Waals surface area contributed by atoms with Crippen LogP contribution in [0.1, 0.15) is 29.5 Å². The third kappa shape index (κ3) is 6.88. The van der Waals surface area contributed by atoms with Gasteiger partial charge in [-0.05, 0) is 32.3 Å². The van der Waals surface area contributed by atoms with Gasteiger partial charge in [0, 0.05) is 10.9 Å². The van der Waals surface area contributed by atoms with Crippen molar-refractivity contribution in [2.75, 3.05) is 5.75 Å². The quantitative estimate of drug-likeness (QED) is 0.658. The Bertz CT molecular complexity index is 716. The molecule has 1 aromatic heterocycles. The van der Waals surface area contributed by atoms with Gasteiger partial charge in [-0.15, -0.1) is 11.3 Å². The molecular formula is C18H23N3O2S2. The highest BCUT2D eigenvalue weighted by molar-refractivity contribution is 8.01. The molecule has 1 heterocycles. The minimum atomic E-state index is -0.367. The molecule has 0 radical (unpaired) electrons. The molecule has 2 rings (SSSR count). The molecule has 5 nitrogen and oxygen atoms in total. The molecule has 7 heteroatoms.